The molecule has 0 saturated carbocycles. The predicted molar refractivity (Wildman–Crippen MR) is 289 cm³/mol. The Labute approximate surface area is 395 Å². The molecule has 0 spiro atoms. The molecule has 0 aliphatic rings. The number of pyridine rings is 1. The molecule has 0 unspecified atom stereocenters. The minimum absolute atomic E-state index is 1.09. The quantitative estimate of drug-likeness (QED) is 0.138. The summed E-state index contributed by atoms with van der Waals surface area (Å²) in [7, 11) is 0. The summed E-state index contributed by atoms with van der Waals surface area (Å²) in [5.41, 5.74) is 17.7. The molecule has 2 heterocycles. The van der Waals surface area contributed by atoms with Crippen molar-refractivity contribution >= 4 is 65.8 Å². The van der Waals surface area contributed by atoms with Crippen molar-refractivity contribution < 1.29 is 0 Å². The summed E-state index contributed by atoms with van der Waals surface area (Å²) in [6, 6.07) is 94.9. The van der Waals surface area contributed by atoms with Crippen LogP contribution >= 0.6 is 0 Å². The Morgan fingerprint density at radius 2 is 0.676 bits per heavy atom. The van der Waals surface area contributed by atoms with E-state index in [0.717, 1.165) is 28.2 Å². The van der Waals surface area contributed by atoms with Gasteiger partial charge in [0.2, 0.25) is 0 Å². The number of fused-ring (bicyclic) bond motifs is 9. The first-order valence-corrected chi connectivity index (χ1v) is 23.4. The molecule has 0 radical (unpaired) electrons. The van der Waals surface area contributed by atoms with Gasteiger partial charge in [0.1, 0.15) is 0 Å². The molecule has 0 bridgehead atoms. The SMILES string of the molecule is c1ccc(-c2ccc(-c3ccc(N(c4ccc(-c5ccc6c(-c7ccccc7)c7c8ccccc8c8ccccc8c7n6c5)cc4)c4ccc(-c5cccc6ccccc56)cc4)cc3)cc2)cc1. The zero-order valence-corrected chi connectivity index (χ0v) is 37.3. The minimum atomic E-state index is 1.09. The number of rotatable bonds is 8. The molecule has 2 aromatic heterocycles. The highest BCUT2D eigenvalue weighted by atomic mass is 15.1. The third-order valence-corrected chi connectivity index (χ3v) is 13.8. The van der Waals surface area contributed by atoms with Gasteiger partial charge in [0, 0.05) is 39.6 Å². The molecule has 2 nitrogen and oxygen atoms in total. The largest absolute Gasteiger partial charge is 0.315 e. The first-order chi connectivity index (χ1) is 33.7. The maximum Gasteiger partial charge on any atom is 0.0620 e. The van der Waals surface area contributed by atoms with Crippen molar-refractivity contribution in [2.75, 3.05) is 4.90 Å². The molecule has 0 saturated heterocycles. The van der Waals surface area contributed by atoms with Crippen LogP contribution in [-0.2, 0) is 0 Å². The van der Waals surface area contributed by atoms with E-state index >= 15 is 0 Å². The standard InChI is InChI=1S/C66H44N2/c1-3-14-45(15-4-1)46-26-28-47(29-27-46)48-30-37-54(38-31-48)68(56-41-34-51(35-42-56)58-25-13-19-50-16-7-8-20-57(50)58)55-39-32-49(33-40-55)53-36-43-63-64(52-17-5-2-6-18-52)65-61-23-11-9-21-59(61)60-22-10-12-24-62(60)66(65)67(63)44-53/h1-44H. The minimum Gasteiger partial charge on any atom is -0.315 e. The van der Waals surface area contributed by atoms with E-state index in [0.29, 0.717) is 0 Å². The van der Waals surface area contributed by atoms with Gasteiger partial charge in [-0.05, 0) is 119 Å². The van der Waals surface area contributed by atoms with E-state index in [4.69, 9.17) is 0 Å². The highest BCUT2D eigenvalue weighted by Crippen LogP contribution is 2.45. The van der Waals surface area contributed by atoms with Gasteiger partial charge in [0.25, 0.3) is 0 Å². The summed E-state index contributed by atoms with van der Waals surface area (Å²) in [6.07, 6.45) is 2.34. The molecular formula is C66H44N2. The average molecular weight is 865 g/mol. The van der Waals surface area contributed by atoms with Crippen LogP contribution in [0.25, 0.3) is 104 Å². The number of anilines is 3. The third kappa shape index (κ3) is 6.73. The van der Waals surface area contributed by atoms with Crippen LogP contribution in [0.1, 0.15) is 0 Å². The van der Waals surface area contributed by atoms with E-state index in [-0.39, 0.29) is 0 Å². The second-order valence-electron chi connectivity index (χ2n) is 17.7. The lowest BCUT2D eigenvalue weighted by Gasteiger charge is -2.26. The van der Waals surface area contributed by atoms with Gasteiger partial charge in [-0.3, -0.25) is 0 Å². The van der Waals surface area contributed by atoms with Gasteiger partial charge >= 0.3 is 0 Å². The molecule has 0 N–H and O–H groups in total. The Morgan fingerprint density at radius 1 is 0.265 bits per heavy atom. The first-order valence-electron chi connectivity index (χ1n) is 23.4. The Balaban J connectivity index is 0.911. The molecule has 2 heteroatoms. The summed E-state index contributed by atoms with van der Waals surface area (Å²) in [5, 5.41) is 8.86. The fourth-order valence-electron chi connectivity index (χ4n) is 10.5. The fourth-order valence-corrected chi connectivity index (χ4v) is 10.5. The Bertz CT molecular complexity index is 3960. The van der Waals surface area contributed by atoms with Crippen LogP contribution in [0.5, 0.6) is 0 Å². The molecule has 13 rings (SSSR count). The van der Waals surface area contributed by atoms with Crippen molar-refractivity contribution in [1.29, 1.82) is 0 Å². The Kier molecular flexibility index (Phi) is 9.54. The smallest absolute Gasteiger partial charge is 0.0620 e. The summed E-state index contributed by atoms with van der Waals surface area (Å²) in [4.78, 5) is 2.37. The lowest BCUT2D eigenvalue weighted by Crippen LogP contribution is -2.09. The number of hydrogen-bond donors (Lipinski definition) is 0. The zero-order chi connectivity index (χ0) is 45.0. The Hall–Kier alpha value is -8.98. The van der Waals surface area contributed by atoms with Crippen LogP contribution in [-0.4, -0.2) is 4.40 Å². The van der Waals surface area contributed by atoms with Crippen molar-refractivity contribution in [3.63, 3.8) is 0 Å². The maximum atomic E-state index is 2.44. The number of nitrogens with zero attached hydrogens (tertiary/aromatic N) is 2. The average Bonchev–Trinajstić information content (AvgIpc) is 3.77. The maximum absolute atomic E-state index is 2.44. The summed E-state index contributed by atoms with van der Waals surface area (Å²) >= 11 is 0. The molecule has 11 aromatic carbocycles. The number of aromatic nitrogens is 1. The molecule has 13 aromatic rings. The third-order valence-electron chi connectivity index (χ3n) is 13.8. The van der Waals surface area contributed by atoms with Crippen molar-refractivity contribution in [2.24, 2.45) is 0 Å². The molecule has 0 aliphatic carbocycles. The molecule has 0 atom stereocenters. The fraction of sp³-hybridized carbons (Fsp3) is 0. The van der Waals surface area contributed by atoms with E-state index < -0.39 is 0 Å². The van der Waals surface area contributed by atoms with Gasteiger partial charge < -0.3 is 9.30 Å². The van der Waals surface area contributed by atoms with E-state index in [1.807, 2.05) is 0 Å². The number of benzene rings is 11. The van der Waals surface area contributed by atoms with E-state index in [1.165, 1.54) is 93.2 Å². The van der Waals surface area contributed by atoms with Crippen LogP contribution in [0.3, 0.4) is 0 Å². The lowest BCUT2D eigenvalue weighted by atomic mass is 9.94. The topological polar surface area (TPSA) is 7.65 Å². The monoisotopic (exact) mass is 864 g/mol. The van der Waals surface area contributed by atoms with E-state index in [9.17, 15) is 0 Å². The second kappa shape index (κ2) is 16.5. The van der Waals surface area contributed by atoms with Crippen LogP contribution in [0.2, 0.25) is 0 Å². The van der Waals surface area contributed by atoms with Crippen molar-refractivity contribution in [3.8, 4) is 55.6 Å². The lowest BCUT2D eigenvalue weighted by molar-refractivity contribution is 1.26. The zero-order valence-electron chi connectivity index (χ0n) is 37.3. The summed E-state index contributed by atoms with van der Waals surface area (Å²) in [5.74, 6) is 0. The van der Waals surface area contributed by atoms with Gasteiger partial charge in [-0.25, -0.2) is 0 Å². The van der Waals surface area contributed by atoms with Gasteiger partial charge in [-0.1, -0.05) is 218 Å². The van der Waals surface area contributed by atoms with Crippen LogP contribution in [0, 0.1) is 0 Å². The molecule has 0 aliphatic heterocycles. The Morgan fingerprint density at radius 3 is 1.28 bits per heavy atom. The van der Waals surface area contributed by atoms with Crippen LogP contribution in [0.4, 0.5) is 17.1 Å². The summed E-state index contributed by atoms with van der Waals surface area (Å²) in [6.45, 7) is 0. The number of hydrogen-bond acceptors (Lipinski definition) is 1. The first kappa shape index (κ1) is 39.4. The normalized spacial score (nSPS) is 11.5. The van der Waals surface area contributed by atoms with E-state index in [2.05, 4.69) is 276 Å². The van der Waals surface area contributed by atoms with Gasteiger partial charge in [-0.2, -0.15) is 0 Å². The molecule has 0 amide bonds. The highest BCUT2D eigenvalue weighted by Gasteiger charge is 2.21. The van der Waals surface area contributed by atoms with Gasteiger partial charge in [0.05, 0.1) is 11.0 Å². The summed E-state index contributed by atoms with van der Waals surface area (Å²) < 4.78 is 2.44. The van der Waals surface area contributed by atoms with Gasteiger partial charge in [0.15, 0.2) is 0 Å². The van der Waals surface area contributed by atoms with Gasteiger partial charge in [-0.15, -0.1) is 0 Å². The second-order valence-corrected chi connectivity index (χ2v) is 17.7. The van der Waals surface area contributed by atoms with E-state index in [1.54, 1.807) is 0 Å². The predicted octanol–water partition coefficient (Wildman–Crippen LogP) is 18.4. The molecule has 318 valence electrons. The van der Waals surface area contributed by atoms with Crippen molar-refractivity contribution in [2.45, 2.75) is 0 Å². The molecule has 68 heavy (non-hydrogen) atoms. The van der Waals surface area contributed by atoms with Crippen molar-refractivity contribution in [1.82, 2.24) is 4.40 Å². The van der Waals surface area contributed by atoms with Crippen LogP contribution in [0.15, 0.2) is 267 Å². The van der Waals surface area contributed by atoms with Crippen molar-refractivity contribution in [3.05, 3.63) is 267 Å². The molecule has 0 fully saturated rings. The molecular weight excluding hydrogens is 821 g/mol. The highest BCUT2D eigenvalue weighted by molar-refractivity contribution is 6.30. The van der Waals surface area contributed by atoms with Crippen LogP contribution < -0.4 is 4.90 Å².